The number of hydrogen-bond acceptors (Lipinski definition) is 4. The highest BCUT2D eigenvalue weighted by Crippen LogP contribution is 2.47. The Hall–Kier alpha value is -2.20. The molecule has 1 aliphatic heterocycles. The Bertz CT molecular complexity index is 1040. The number of methoxy groups -OCH3 is 2. The second-order valence-electron chi connectivity index (χ2n) is 10.6. The van der Waals surface area contributed by atoms with Crippen molar-refractivity contribution in [3.8, 4) is 11.5 Å². The standard InChI is InChI=1S/C34H48O3S/c1-5-7-8-9-10-11-12-13-14-15-16-19-26(18-6-2)29-20-17-21-30-33(35)32(38-34(29)30)25-27-24-28(36-3)22-23-31(27)37-4/h17,20-26H,5-16,18-19H2,1-4H3. The number of fused-ring (bicyclic) bond motifs is 1. The first-order chi connectivity index (χ1) is 18.6. The number of allylic oxidation sites excluding steroid dienone is 1. The van der Waals surface area contributed by atoms with Crippen LogP contribution in [0.25, 0.3) is 6.08 Å². The molecule has 0 spiro atoms. The largest absolute Gasteiger partial charge is 0.497 e. The maximum absolute atomic E-state index is 13.4. The van der Waals surface area contributed by atoms with Crippen LogP contribution >= 0.6 is 11.8 Å². The average molecular weight is 537 g/mol. The lowest BCUT2D eigenvalue weighted by molar-refractivity contribution is 0.104. The molecule has 0 bridgehead atoms. The number of rotatable bonds is 18. The van der Waals surface area contributed by atoms with Gasteiger partial charge in [-0.3, -0.25) is 4.79 Å². The molecular formula is C34H48O3S. The summed E-state index contributed by atoms with van der Waals surface area (Å²) in [5.74, 6) is 2.12. The van der Waals surface area contributed by atoms with Crippen LogP contribution in [0.15, 0.2) is 46.2 Å². The van der Waals surface area contributed by atoms with Crippen LogP contribution in [-0.2, 0) is 0 Å². The molecule has 0 amide bonds. The van der Waals surface area contributed by atoms with E-state index in [1.807, 2.05) is 30.3 Å². The van der Waals surface area contributed by atoms with Gasteiger partial charge in [0.15, 0.2) is 0 Å². The molecule has 0 aromatic heterocycles. The number of unbranched alkanes of at least 4 members (excludes halogenated alkanes) is 10. The fourth-order valence-corrected chi connectivity index (χ4v) is 6.74. The topological polar surface area (TPSA) is 35.5 Å². The van der Waals surface area contributed by atoms with E-state index >= 15 is 0 Å². The Morgan fingerprint density at radius 3 is 2.11 bits per heavy atom. The van der Waals surface area contributed by atoms with Gasteiger partial charge in [0.25, 0.3) is 0 Å². The molecule has 1 aliphatic rings. The van der Waals surface area contributed by atoms with Crippen LogP contribution in [0.2, 0.25) is 0 Å². The number of ether oxygens (including phenoxy) is 2. The van der Waals surface area contributed by atoms with Crippen molar-refractivity contribution < 1.29 is 14.3 Å². The van der Waals surface area contributed by atoms with E-state index in [1.54, 1.807) is 26.0 Å². The molecule has 0 fully saturated rings. The van der Waals surface area contributed by atoms with Crippen molar-refractivity contribution in [1.29, 1.82) is 0 Å². The van der Waals surface area contributed by atoms with Crippen molar-refractivity contribution in [2.24, 2.45) is 0 Å². The predicted octanol–water partition coefficient (Wildman–Crippen LogP) is 10.6. The zero-order chi connectivity index (χ0) is 27.2. The summed E-state index contributed by atoms with van der Waals surface area (Å²) in [6.07, 6.45) is 20.6. The van der Waals surface area contributed by atoms with Crippen LogP contribution in [-0.4, -0.2) is 20.0 Å². The predicted molar refractivity (Wildman–Crippen MR) is 163 cm³/mol. The Morgan fingerprint density at radius 1 is 0.789 bits per heavy atom. The molecule has 1 atom stereocenters. The summed E-state index contributed by atoms with van der Waals surface area (Å²) in [7, 11) is 3.31. The van der Waals surface area contributed by atoms with E-state index in [2.05, 4.69) is 26.0 Å². The Kier molecular flexibility index (Phi) is 13.3. The number of benzene rings is 2. The van der Waals surface area contributed by atoms with Gasteiger partial charge in [-0.15, -0.1) is 0 Å². The highest BCUT2D eigenvalue weighted by Gasteiger charge is 2.30. The molecule has 0 saturated heterocycles. The molecule has 2 aromatic rings. The molecule has 4 heteroatoms. The smallest absolute Gasteiger partial charge is 0.200 e. The van der Waals surface area contributed by atoms with Gasteiger partial charge in [0.05, 0.1) is 19.1 Å². The van der Waals surface area contributed by atoms with E-state index in [4.69, 9.17) is 9.47 Å². The fourth-order valence-electron chi connectivity index (χ4n) is 5.51. The SMILES string of the molecule is CCCCCCCCCCCCCC(CCC)c1cccc2c1SC(=Cc1cc(OC)ccc1OC)C2=O. The van der Waals surface area contributed by atoms with Crippen LogP contribution in [0.1, 0.15) is 131 Å². The maximum Gasteiger partial charge on any atom is 0.200 e. The lowest BCUT2D eigenvalue weighted by atomic mass is 9.88. The van der Waals surface area contributed by atoms with E-state index < -0.39 is 0 Å². The normalized spacial score (nSPS) is 14.6. The number of Topliss-reactive ketones (excluding diaryl/α,β-unsaturated/α-hetero) is 1. The summed E-state index contributed by atoms with van der Waals surface area (Å²) in [5, 5.41) is 0. The van der Waals surface area contributed by atoms with Crippen molar-refractivity contribution in [3.05, 3.63) is 58.0 Å². The zero-order valence-electron chi connectivity index (χ0n) is 24.2. The number of carbonyl (C=O) groups is 1. The lowest BCUT2D eigenvalue weighted by Gasteiger charge is -2.19. The maximum atomic E-state index is 13.4. The van der Waals surface area contributed by atoms with Gasteiger partial charge in [-0.25, -0.2) is 0 Å². The van der Waals surface area contributed by atoms with Gasteiger partial charge < -0.3 is 9.47 Å². The summed E-state index contributed by atoms with van der Waals surface area (Å²) in [5.41, 5.74) is 3.07. The molecular weight excluding hydrogens is 488 g/mol. The molecule has 0 radical (unpaired) electrons. The second-order valence-corrected chi connectivity index (χ2v) is 11.6. The van der Waals surface area contributed by atoms with Gasteiger partial charge in [0.2, 0.25) is 5.78 Å². The lowest BCUT2D eigenvalue weighted by Crippen LogP contribution is -2.02. The van der Waals surface area contributed by atoms with E-state index in [9.17, 15) is 4.79 Å². The first kappa shape index (κ1) is 30.3. The number of thioether (sulfide) groups is 1. The molecule has 0 saturated carbocycles. The summed E-state index contributed by atoms with van der Waals surface area (Å²) >= 11 is 1.63. The first-order valence-electron chi connectivity index (χ1n) is 14.9. The minimum atomic E-state index is 0.113. The third kappa shape index (κ3) is 8.66. The van der Waals surface area contributed by atoms with Gasteiger partial charge in [-0.05, 0) is 54.7 Å². The summed E-state index contributed by atoms with van der Waals surface area (Å²) in [6.45, 7) is 4.56. The Morgan fingerprint density at radius 2 is 1.47 bits per heavy atom. The summed E-state index contributed by atoms with van der Waals surface area (Å²) in [6, 6.07) is 12.0. The summed E-state index contributed by atoms with van der Waals surface area (Å²) in [4.78, 5) is 15.3. The van der Waals surface area contributed by atoms with Gasteiger partial charge in [-0.1, -0.05) is 115 Å². The Labute approximate surface area is 235 Å². The third-order valence-corrected chi connectivity index (χ3v) is 8.87. The Balaban J connectivity index is 1.60. The average Bonchev–Trinajstić information content (AvgIpc) is 3.26. The van der Waals surface area contributed by atoms with Crippen molar-refractivity contribution in [1.82, 2.24) is 0 Å². The molecule has 1 heterocycles. The molecule has 3 rings (SSSR count). The minimum Gasteiger partial charge on any atom is -0.497 e. The quantitative estimate of drug-likeness (QED) is 0.140. The van der Waals surface area contributed by atoms with E-state index in [0.29, 0.717) is 5.92 Å². The highest BCUT2D eigenvalue weighted by atomic mass is 32.2. The van der Waals surface area contributed by atoms with Crippen molar-refractivity contribution in [2.75, 3.05) is 14.2 Å². The molecule has 0 aliphatic carbocycles. The minimum absolute atomic E-state index is 0.113. The fraction of sp³-hybridized carbons (Fsp3) is 0.559. The van der Waals surface area contributed by atoms with Crippen molar-refractivity contribution in [3.63, 3.8) is 0 Å². The molecule has 208 valence electrons. The second kappa shape index (κ2) is 16.7. The zero-order valence-corrected chi connectivity index (χ0v) is 25.0. The van der Waals surface area contributed by atoms with Crippen LogP contribution in [0.3, 0.4) is 0 Å². The van der Waals surface area contributed by atoms with E-state index in [1.165, 1.54) is 89.0 Å². The number of ketones is 1. The number of hydrogen-bond donors (Lipinski definition) is 0. The third-order valence-electron chi connectivity index (χ3n) is 7.68. The van der Waals surface area contributed by atoms with E-state index in [0.717, 1.165) is 38.8 Å². The first-order valence-corrected chi connectivity index (χ1v) is 15.7. The van der Waals surface area contributed by atoms with Crippen LogP contribution in [0, 0.1) is 0 Å². The van der Waals surface area contributed by atoms with Crippen LogP contribution < -0.4 is 9.47 Å². The van der Waals surface area contributed by atoms with Crippen molar-refractivity contribution >= 4 is 23.6 Å². The molecule has 38 heavy (non-hydrogen) atoms. The van der Waals surface area contributed by atoms with Crippen LogP contribution in [0.4, 0.5) is 0 Å². The molecule has 1 unspecified atom stereocenters. The molecule has 3 nitrogen and oxygen atoms in total. The molecule has 0 N–H and O–H groups in total. The highest BCUT2D eigenvalue weighted by molar-refractivity contribution is 8.05. The van der Waals surface area contributed by atoms with Gasteiger partial charge in [0, 0.05) is 16.0 Å². The van der Waals surface area contributed by atoms with Gasteiger partial charge >= 0.3 is 0 Å². The monoisotopic (exact) mass is 536 g/mol. The number of carbonyl (C=O) groups excluding carboxylic acids is 1. The van der Waals surface area contributed by atoms with E-state index in [-0.39, 0.29) is 5.78 Å². The van der Waals surface area contributed by atoms with Gasteiger partial charge in [0.1, 0.15) is 11.5 Å². The van der Waals surface area contributed by atoms with Crippen molar-refractivity contribution in [2.45, 2.75) is 115 Å². The van der Waals surface area contributed by atoms with Crippen LogP contribution in [0.5, 0.6) is 11.5 Å². The molecule has 2 aromatic carbocycles. The van der Waals surface area contributed by atoms with Gasteiger partial charge in [-0.2, -0.15) is 0 Å². The summed E-state index contributed by atoms with van der Waals surface area (Å²) < 4.78 is 10.9.